The van der Waals surface area contributed by atoms with E-state index in [4.69, 9.17) is 0 Å². The standard InChI is InChI=1S/C28H21N3O5/c32-25-15-23(27(34)29(25)21-11-9-17-5-1-3-7-19(17)13-21)31(36)24-16-26(33)30(28(24)35)22-12-10-18-6-2-4-8-20(18)14-22/h1-14,23-24,36H,15-16H2. The maximum atomic E-state index is 13.2. The van der Waals surface area contributed by atoms with E-state index in [2.05, 4.69) is 0 Å². The van der Waals surface area contributed by atoms with Crippen molar-refractivity contribution in [2.24, 2.45) is 0 Å². The molecule has 2 atom stereocenters. The summed E-state index contributed by atoms with van der Waals surface area (Å²) >= 11 is 0. The van der Waals surface area contributed by atoms with Crippen LogP contribution >= 0.6 is 0 Å². The largest absolute Gasteiger partial charge is 0.312 e. The zero-order valence-electron chi connectivity index (χ0n) is 19.1. The second kappa shape index (κ2) is 8.37. The van der Waals surface area contributed by atoms with Crippen LogP contribution in [0.25, 0.3) is 21.5 Å². The normalized spacial score (nSPS) is 20.5. The Morgan fingerprint density at radius 1 is 0.583 bits per heavy atom. The summed E-state index contributed by atoms with van der Waals surface area (Å²) in [5.74, 6) is -2.24. The van der Waals surface area contributed by atoms with Crippen LogP contribution in [-0.4, -0.2) is 46.0 Å². The molecule has 0 radical (unpaired) electrons. The molecule has 2 aliphatic heterocycles. The number of hydrogen-bond donors (Lipinski definition) is 1. The first kappa shape index (κ1) is 22.1. The molecule has 36 heavy (non-hydrogen) atoms. The molecule has 4 aromatic carbocycles. The van der Waals surface area contributed by atoms with E-state index in [0.29, 0.717) is 16.4 Å². The molecule has 0 bridgehead atoms. The van der Waals surface area contributed by atoms with Gasteiger partial charge in [-0.3, -0.25) is 19.2 Å². The molecule has 2 fully saturated rings. The Kier molecular flexibility index (Phi) is 5.13. The van der Waals surface area contributed by atoms with Crippen molar-refractivity contribution in [3.05, 3.63) is 84.9 Å². The molecule has 2 unspecified atom stereocenters. The maximum absolute atomic E-state index is 13.2. The number of imide groups is 2. The van der Waals surface area contributed by atoms with Crippen molar-refractivity contribution in [1.82, 2.24) is 5.06 Å². The number of rotatable bonds is 4. The van der Waals surface area contributed by atoms with Crippen molar-refractivity contribution in [1.29, 1.82) is 0 Å². The topological polar surface area (TPSA) is 98.2 Å². The number of fused-ring (bicyclic) bond motifs is 2. The van der Waals surface area contributed by atoms with Gasteiger partial charge in [-0.1, -0.05) is 60.7 Å². The third-order valence-corrected chi connectivity index (χ3v) is 6.87. The minimum Gasteiger partial charge on any atom is -0.312 e. The minimum atomic E-state index is -1.26. The average molecular weight is 479 g/mol. The van der Waals surface area contributed by atoms with Gasteiger partial charge < -0.3 is 5.21 Å². The number of hydroxylamine groups is 2. The van der Waals surface area contributed by atoms with Crippen molar-refractivity contribution < 1.29 is 24.4 Å². The monoisotopic (exact) mass is 479 g/mol. The smallest absolute Gasteiger partial charge is 0.254 e. The molecule has 4 amide bonds. The highest BCUT2D eigenvalue weighted by atomic mass is 16.5. The van der Waals surface area contributed by atoms with E-state index in [-0.39, 0.29) is 12.8 Å². The van der Waals surface area contributed by atoms with E-state index in [1.807, 2.05) is 60.7 Å². The van der Waals surface area contributed by atoms with Crippen LogP contribution in [0.3, 0.4) is 0 Å². The first-order chi connectivity index (χ1) is 17.4. The molecule has 2 saturated heterocycles. The molecule has 178 valence electrons. The van der Waals surface area contributed by atoms with Crippen molar-refractivity contribution in [3.8, 4) is 0 Å². The van der Waals surface area contributed by atoms with Crippen molar-refractivity contribution in [2.45, 2.75) is 24.9 Å². The fourth-order valence-corrected chi connectivity index (χ4v) is 5.04. The van der Waals surface area contributed by atoms with E-state index >= 15 is 0 Å². The second-order valence-corrected chi connectivity index (χ2v) is 9.02. The lowest BCUT2D eigenvalue weighted by Crippen LogP contribution is -2.49. The first-order valence-corrected chi connectivity index (χ1v) is 11.6. The van der Waals surface area contributed by atoms with Gasteiger partial charge in [0.15, 0.2) is 0 Å². The molecule has 4 aromatic rings. The van der Waals surface area contributed by atoms with Crippen LogP contribution in [0, 0.1) is 0 Å². The van der Waals surface area contributed by atoms with Gasteiger partial charge in [0.2, 0.25) is 11.8 Å². The van der Waals surface area contributed by atoms with Crippen LogP contribution in [0.1, 0.15) is 12.8 Å². The van der Waals surface area contributed by atoms with Gasteiger partial charge in [0.05, 0.1) is 24.2 Å². The van der Waals surface area contributed by atoms with Crippen LogP contribution in [0.5, 0.6) is 0 Å². The highest BCUT2D eigenvalue weighted by molar-refractivity contribution is 6.25. The molecular weight excluding hydrogens is 458 g/mol. The lowest BCUT2D eigenvalue weighted by molar-refractivity contribution is -0.172. The molecule has 0 aliphatic carbocycles. The number of anilines is 2. The fourth-order valence-electron chi connectivity index (χ4n) is 5.04. The third-order valence-electron chi connectivity index (χ3n) is 6.87. The van der Waals surface area contributed by atoms with E-state index in [0.717, 1.165) is 31.3 Å². The summed E-state index contributed by atoms with van der Waals surface area (Å²) in [6.45, 7) is 0. The van der Waals surface area contributed by atoms with E-state index in [1.165, 1.54) is 0 Å². The average Bonchev–Trinajstić information content (AvgIpc) is 3.36. The van der Waals surface area contributed by atoms with Gasteiger partial charge >= 0.3 is 0 Å². The molecule has 0 aromatic heterocycles. The Bertz CT molecular complexity index is 1460. The number of benzene rings is 4. The molecule has 2 heterocycles. The van der Waals surface area contributed by atoms with E-state index < -0.39 is 35.7 Å². The zero-order chi connectivity index (χ0) is 25.0. The number of carbonyl (C=O) groups is 4. The Labute approximate surface area is 205 Å². The van der Waals surface area contributed by atoms with Gasteiger partial charge in [0.1, 0.15) is 12.1 Å². The second-order valence-electron chi connectivity index (χ2n) is 9.02. The first-order valence-electron chi connectivity index (χ1n) is 11.6. The Balaban J connectivity index is 1.25. The fraction of sp³-hybridized carbons (Fsp3) is 0.143. The van der Waals surface area contributed by atoms with Gasteiger partial charge in [0.25, 0.3) is 11.8 Å². The molecule has 1 N–H and O–H groups in total. The van der Waals surface area contributed by atoms with Crippen molar-refractivity contribution in [2.75, 3.05) is 9.80 Å². The van der Waals surface area contributed by atoms with E-state index in [9.17, 15) is 24.4 Å². The molecule has 0 saturated carbocycles. The Morgan fingerprint density at radius 3 is 1.39 bits per heavy atom. The highest BCUT2D eigenvalue weighted by Crippen LogP contribution is 2.32. The lowest BCUT2D eigenvalue weighted by atomic mass is 10.1. The van der Waals surface area contributed by atoms with Crippen LogP contribution in [-0.2, 0) is 19.2 Å². The molecule has 8 nitrogen and oxygen atoms in total. The number of nitrogens with zero attached hydrogens (tertiary/aromatic N) is 3. The summed E-state index contributed by atoms with van der Waals surface area (Å²) in [6, 6.07) is 23.1. The minimum absolute atomic E-state index is 0.296. The SMILES string of the molecule is O=C1CC(N(O)C2CC(=O)N(c3ccc4ccccc4c3)C2=O)C(=O)N1c1ccc2ccccc2c1. The van der Waals surface area contributed by atoms with Crippen molar-refractivity contribution >= 4 is 56.5 Å². The molecule has 2 aliphatic rings. The number of amides is 4. The molecule has 0 spiro atoms. The van der Waals surface area contributed by atoms with Crippen LogP contribution < -0.4 is 9.80 Å². The van der Waals surface area contributed by atoms with Gasteiger partial charge in [-0.25, -0.2) is 9.80 Å². The van der Waals surface area contributed by atoms with E-state index in [1.54, 1.807) is 24.3 Å². The third kappa shape index (κ3) is 3.46. The summed E-state index contributed by atoms with van der Waals surface area (Å²) in [6.07, 6.45) is -0.591. The zero-order valence-corrected chi connectivity index (χ0v) is 19.1. The van der Waals surface area contributed by atoms with Crippen LogP contribution in [0.15, 0.2) is 84.9 Å². The summed E-state index contributed by atoms with van der Waals surface area (Å²) in [5.41, 5.74) is 0.789. The van der Waals surface area contributed by atoms with Crippen molar-refractivity contribution in [3.63, 3.8) is 0 Å². The van der Waals surface area contributed by atoms with Crippen LogP contribution in [0.4, 0.5) is 11.4 Å². The number of carbonyl (C=O) groups excluding carboxylic acids is 4. The van der Waals surface area contributed by atoms with Gasteiger partial charge in [0, 0.05) is 0 Å². The summed E-state index contributed by atoms with van der Waals surface area (Å²) in [4.78, 5) is 54.1. The predicted octanol–water partition coefficient (Wildman–Crippen LogP) is 3.65. The molecular formula is C28H21N3O5. The van der Waals surface area contributed by atoms with Gasteiger partial charge in [-0.2, -0.15) is 5.06 Å². The van der Waals surface area contributed by atoms with Gasteiger partial charge in [-0.05, 0) is 45.8 Å². The molecule has 8 heteroatoms. The quantitative estimate of drug-likeness (QED) is 0.355. The summed E-state index contributed by atoms with van der Waals surface area (Å²) < 4.78 is 0. The Morgan fingerprint density at radius 2 is 0.972 bits per heavy atom. The number of hydrogen-bond acceptors (Lipinski definition) is 6. The summed E-state index contributed by atoms with van der Waals surface area (Å²) in [7, 11) is 0. The summed E-state index contributed by atoms with van der Waals surface area (Å²) in [5, 5.41) is 15.2. The maximum Gasteiger partial charge on any atom is 0.254 e. The Hall–Kier alpha value is -4.40. The predicted molar refractivity (Wildman–Crippen MR) is 133 cm³/mol. The van der Waals surface area contributed by atoms with Gasteiger partial charge in [-0.15, -0.1) is 0 Å². The highest BCUT2D eigenvalue weighted by Gasteiger charge is 2.50. The lowest BCUT2D eigenvalue weighted by Gasteiger charge is -2.25. The molecule has 6 rings (SSSR count). The van der Waals surface area contributed by atoms with Crippen LogP contribution in [0.2, 0.25) is 0 Å².